The first kappa shape index (κ1) is 13.9. The number of aryl methyl sites for hydroxylation is 2. The van der Waals surface area contributed by atoms with Crippen LogP contribution < -0.4 is 9.47 Å². The average Bonchev–Trinajstić information content (AvgIpc) is 3.18. The molecule has 0 atom stereocenters. The molecule has 0 saturated carbocycles. The third-order valence-electron chi connectivity index (χ3n) is 4.07. The molecule has 2 heterocycles. The summed E-state index contributed by atoms with van der Waals surface area (Å²) in [5.74, 6) is 1.98. The van der Waals surface area contributed by atoms with Crippen molar-refractivity contribution in [1.82, 2.24) is 0 Å². The second-order valence-corrected chi connectivity index (χ2v) is 5.73. The van der Waals surface area contributed by atoms with Crippen LogP contribution in [0, 0.1) is 0 Å². The van der Waals surface area contributed by atoms with Crippen LogP contribution in [0.2, 0.25) is 0 Å². The number of carbonyl (C=O) groups is 1. The fraction of sp³-hybridized carbons (Fsp3) is 0.211. The zero-order chi connectivity index (χ0) is 15.8. The lowest BCUT2D eigenvalue weighted by Gasteiger charge is -2.04. The van der Waals surface area contributed by atoms with E-state index < -0.39 is 0 Å². The Bertz CT molecular complexity index is 892. The van der Waals surface area contributed by atoms with Gasteiger partial charge in [-0.05, 0) is 48.2 Å². The molecule has 3 aromatic rings. The molecule has 4 nitrogen and oxygen atoms in total. The van der Waals surface area contributed by atoms with Crippen molar-refractivity contribution in [3.63, 3.8) is 0 Å². The molecule has 0 bridgehead atoms. The maximum atomic E-state index is 11.4. The van der Waals surface area contributed by atoms with Gasteiger partial charge in [-0.1, -0.05) is 18.2 Å². The first-order valence-corrected chi connectivity index (χ1v) is 7.61. The lowest BCUT2D eigenvalue weighted by atomic mass is 10.0. The fourth-order valence-electron chi connectivity index (χ4n) is 2.79. The van der Waals surface area contributed by atoms with E-state index in [0.717, 1.165) is 35.3 Å². The summed E-state index contributed by atoms with van der Waals surface area (Å²) < 4.78 is 16.3. The molecule has 1 aliphatic heterocycles. The van der Waals surface area contributed by atoms with E-state index in [2.05, 4.69) is 12.1 Å². The van der Waals surface area contributed by atoms with Crippen molar-refractivity contribution in [3.05, 3.63) is 59.4 Å². The van der Waals surface area contributed by atoms with Gasteiger partial charge in [0.15, 0.2) is 23.0 Å². The molecular formula is C19H16O4. The van der Waals surface area contributed by atoms with Crippen molar-refractivity contribution in [2.75, 3.05) is 6.79 Å². The van der Waals surface area contributed by atoms with E-state index in [1.807, 2.05) is 24.3 Å². The molecule has 0 saturated heterocycles. The van der Waals surface area contributed by atoms with Crippen LogP contribution in [0.4, 0.5) is 0 Å². The van der Waals surface area contributed by atoms with Crippen molar-refractivity contribution in [2.45, 2.75) is 19.8 Å². The van der Waals surface area contributed by atoms with Gasteiger partial charge in [0.05, 0.1) is 0 Å². The second-order valence-electron chi connectivity index (χ2n) is 5.73. The van der Waals surface area contributed by atoms with Gasteiger partial charge in [-0.25, -0.2) is 0 Å². The Hall–Kier alpha value is -2.75. The van der Waals surface area contributed by atoms with Crippen LogP contribution >= 0.6 is 0 Å². The van der Waals surface area contributed by atoms with Gasteiger partial charge in [0.25, 0.3) is 0 Å². The summed E-state index contributed by atoms with van der Waals surface area (Å²) in [7, 11) is 0. The van der Waals surface area contributed by atoms with E-state index in [4.69, 9.17) is 13.9 Å². The molecule has 116 valence electrons. The molecule has 0 N–H and O–H groups in total. The van der Waals surface area contributed by atoms with Gasteiger partial charge in [-0.15, -0.1) is 0 Å². The quantitative estimate of drug-likeness (QED) is 0.679. The van der Waals surface area contributed by atoms with Crippen molar-refractivity contribution in [1.29, 1.82) is 0 Å². The maximum absolute atomic E-state index is 11.4. The first-order valence-electron chi connectivity index (χ1n) is 7.61. The highest BCUT2D eigenvalue weighted by molar-refractivity contribution is 5.96. The zero-order valence-corrected chi connectivity index (χ0v) is 12.8. The molecule has 0 amide bonds. The summed E-state index contributed by atoms with van der Waals surface area (Å²) in [6.45, 7) is 1.81. The maximum Gasteiger partial charge on any atom is 0.231 e. The smallest absolute Gasteiger partial charge is 0.231 e. The zero-order valence-electron chi connectivity index (χ0n) is 12.8. The highest BCUT2D eigenvalue weighted by atomic mass is 16.7. The summed E-state index contributed by atoms with van der Waals surface area (Å²) in [4.78, 5) is 11.4. The Morgan fingerprint density at radius 1 is 0.957 bits per heavy atom. The van der Waals surface area contributed by atoms with Crippen LogP contribution in [0.1, 0.15) is 28.6 Å². The highest BCUT2D eigenvalue weighted by Gasteiger charge is 2.13. The standard InChI is InChI=1S/C19H16O4/c1-12(20)17-10-15-6-4-13(8-18(15)23-17)2-3-14-5-7-16-19(9-14)22-11-21-16/h4-10H,2-3,11H2,1H3. The van der Waals surface area contributed by atoms with Crippen LogP contribution in [0.5, 0.6) is 11.5 Å². The lowest BCUT2D eigenvalue weighted by molar-refractivity contribution is 0.0989. The Morgan fingerprint density at radius 3 is 2.52 bits per heavy atom. The van der Waals surface area contributed by atoms with Gasteiger partial charge in [0.1, 0.15) is 5.58 Å². The second kappa shape index (κ2) is 5.47. The molecule has 2 aromatic carbocycles. The number of Topliss-reactive ketones (excluding diaryl/α,β-unsaturated/α-hetero) is 1. The monoisotopic (exact) mass is 308 g/mol. The Balaban J connectivity index is 1.52. The van der Waals surface area contributed by atoms with Crippen molar-refractivity contribution >= 4 is 16.8 Å². The van der Waals surface area contributed by atoms with E-state index in [-0.39, 0.29) is 5.78 Å². The summed E-state index contributed by atoms with van der Waals surface area (Å²) in [6.07, 6.45) is 1.80. The SMILES string of the molecule is CC(=O)c1cc2ccc(CCc3ccc4c(c3)OCO4)cc2o1. The highest BCUT2D eigenvalue weighted by Crippen LogP contribution is 2.33. The molecule has 0 aliphatic carbocycles. The largest absolute Gasteiger partial charge is 0.454 e. The van der Waals surface area contributed by atoms with Gasteiger partial charge in [-0.2, -0.15) is 0 Å². The molecule has 23 heavy (non-hydrogen) atoms. The topological polar surface area (TPSA) is 48.7 Å². The van der Waals surface area contributed by atoms with E-state index >= 15 is 0 Å². The number of carbonyl (C=O) groups excluding carboxylic acids is 1. The van der Waals surface area contributed by atoms with Crippen molar-refractivity contribution in [2.24, 2.45) is 0 Å². The number of benzene rings is 2. The fourth-order valence-corrected chi connectivity index (χ4v) is 2.79. The summed E-state index contributed by atoms with van der Waals surface area (Å²) in [6, 6.07) is 13.9. The number of ether oxygens (including phenoxy) is 2. The van der Waals surface area contributed by atoms with Gasteiger partial charge in [0.2, 0.25) is 6.79 Å². The third kappa shape index (κ3) is 2.68. The minimum absolute atomic E-state index is 0.0527. The van der Waals surface area contributed by atoms with Crippen molar-refractivity contribution in [3.8, 4) is 11.5 Å². The molecule has 0 radical (unpaired) electrons. The van der Waals surface area contributed by atoms with E-state index in [1.54, 1.807) is 6.07 Å². The summed E-state index contributed by atoms with van der Waals surface area (Å²) >= 11 is 0. The van der Waals surface area contributed by atoms with Gasteiger partial charge >= 0.3 is 0 Å². The minimum Gasteiger partial charge on any atom is -0.454 e. The number of furan rings is 1. The van der Waals surface area contributed by atoms with Gasteiger partial charge < -0.3 is 13.9 Å². The Kier molecular flexibility index (Phi) is 3.30. The van der Waals surface area contributed by atoms with Crippen LogP contribution in [0.15, 0.2) is 46.9 Å². The van der Waals surface area contributed by atoms with E-state index in [9.17, 15) is 4.79 Å². The number of rotatable bonds is 4. The molecule has 0 fully saturated rings. The number of hydrogen-bond acceptors (Lipinski definition) is 4. The molecule has 4 heteroatoms. The molecule has 4 rings (SSSR count). The normalized spacial score (nSPS) is 12.7. The van der Waals surface area contributed by atoms with E-state index in [0.29, 0.717) is 12.6 Å². The third-order valence-corrected chi connectivity index (χ3v) is 4.07. The predicted octanol–water partition coefficient (Wildman–Crippen LogP) is 4.15. The minimum atomic E-state index is -0.0527. The predicted molar refractivity (Wildman–Crippen MR) is 86.2 cm³/mol. The Labute approximate surface area is 133 Å². The van der Waals surface area contributed by atoms with Crippen molar-refractivity contribution < 1.29 is 18.7 Å². The average molecular weight is 308 g/mol. The van der Waals surface area contributed by atoms with E-state index in [1.165, 1.54) is 18.1 Å². The van der Waals surface area contributed by atoms with Crippen LogP contribution in [0.3, 0.4) is 0 Å². The lowest BCUT2D eigenvalue weighted by Crippen LogP contribution is -1.93. The molecule has 0 unspecified atom stereocenters. The molecular weight excluding hydrogens is 292 g/mol. The molecule has 1 aromatic heterocycles. The van der Waals surface area contributed by atoms with Crippen LogP contribution in [-0.2, 0) is 12.8 Å². The number of fused-ring (bicyclic) bond motifs is 2. The number of ketones is 1. The Morgan fingerprint density at radius 2 is 1.70 bits per heavy atom. The van der Waals surface area contributed by atoms with Gasteiger partial charge in [-0.3, -0.25) is 4.79 Å². The molecule has 0 spiro atoms. The van der Waals surface area contributed by atoms with Gasteiger partial charge in [0, 0.05) is 12.3 Å². The number of hydrogen-bond donors (Lipinski definition) is 0. The summed E-state index contributed by atoms with van der Waals surface area (Å²) in [5.41, 5.74) is 3.15. The summed E-state index contributed by atoms with van der Waals surface area (Å²) in [5, 5.41) is 0.960. The van der Waals surface area contributed by atoms with Crippen LogP contribution in [-0.4, -0.2) is 12.6 Å². The van der Waals surface area contributed by atoms with Crippen LogP contribution in [0.25, 0.3) is 11.0 Å². The first-order chi connectivity index (χ1) is 11.2. The molecule has 1 aliphatic rings.